The molecule has 7 heteroatoms. The maximum atomic E-state index is 12.9. The zero-order chi connectivity index (χ0) is 24.9. The number of anilines is 1. The molecule has 36 heavy (non-hydrogen) atoms. The van der Waals surface area contributed by atoms with Crippen molar-refractivity contribution < 1.29 is 9.53 Å². The molecule has 0 radical (unpaired) electrons. The zero-order valence-electron chi connectivity index (χ0n) is 21.6. The lowest BCUT2D eigenvalue weighted by Crippen LogP contribution is -2.41. The highest BCUT2D eigenvalue weighted by atomic mass is 16.5. The molecule has 1 aromatic carbocycles. The Labute approximate surface area is 215 Å². The minimum atomic E-state index is -0.109. The van der Waals surface area contributed by atoms with Crippen LogP contribution in [0.15, 0.2) is 36.5 Å². The Morgan fingerprint density at radius 3 is 2.50 bits per heavy atom. The van der Waals surface area contributed by atoms with Crippen molar-refractivity contribution in [3.8, 4) is 11.1 Å². The lowest BCUT2D eigenvalue weighted by Gasteiger charge is -2.28. The van der Waals surface area contributed by atoms with E-state index >= 15 is 0 Å². The van der Waals surface area contributed by atoms with Crippen molar-refractivity contribution >= 4 is 11.7 Å². The second-order valence-corrected chi connectivity index (χ2v) is 10.9. The Morgan fingerprint density at radius 1 is 1.03 bits per heavy atom. The van der Waals surface area contributed by atoms with Crippen molar-refractivity contribution in [3.63, 3.8) is 0 Å². The molecule has 2 aliphatic heterocycles. The molecule has 0 spiro atoms. The number of amides is 1. The normalized spacial score (nSPS) is 24.1. The lowest BCUT2D eigenvalue weighted by molar-refractivity contribution is 0.0342. The molecule has 1 aliphatic carbocycles. The maximum absolute atomic E-state index is 12.9. The third-order valence-corrected chi connectivity index (χ3v) is 8.30. The monoisotopic (exact) mass is 491 g/mol. The van der Waals surface area contributed by atoms with Crippen LogP contribution in [0.4, 0.5) is 5.82 Å². The predicted octanol–water partition coefficient (Wildman–Crippen LogP) is 3.76. The summed E-state index contributed by atoms with van der Waals surface area (Å²) in [4.78, 5) is 22.4. The van der Waals surface area contributed by atoms with Gasteiger partial charge in [0.2, 0.25) is 0 Å². The molecule has 7 nitrogen and oxygen atoms in total. The number of ether oxygens (including phenoxy) is 1. The van der Waals surface area contributed by atoms with Gasteiger partial charge in [0, 0.05) is 63.0 Å². The first kappa shape index (κ1) is 25.2. The number of nitrogens with one attached hydrogen (secondary N) is 1. The fourth-order valence-corrected chi connectivity index (χ4v) is 6.04. The smallest absolute Gasteiger partial charge is 0.255 e. The van der Waals surface area contributed by atoms with Crippen molar-refractivity contribution in [1.82, 2.24) is 20.1 Å². The lowest BCUT2D eigenvalue weighted by atomic mass is 9.89. The first-order valence-corrected chi connectivity index (χ1v) is 13.8. The summed E-state index contributed by atoms with van der Waals surface area (Å²) in [6, 6.07) is 11.0. The second-order valence-electron chi connectivity index (χ2n) is 10.9. The average molecular weight is 492 g/mol. The number of benzene rings is 1. The van der Waals surface area contributed by atoms with Crippen LogP contribution >= 0.6 is 0 Å². The summed E-state index contributed by atoms with van der Waals surface area (Å²) in [5.41, 5.74) is 9.95. The maximum Gasteiger partial charge on any atom is 0.255 e. The van der Waals surface area contributed by atoms with Crippen LogP contribution in [-0.2, 0) is 4.74 Å². The summed E-state index contributed by atoms with van der Waals surface area (Å²) in [7, 11) is 0. The van der Waals surface area contributed by atoms with E-state index in [9.17, 15) is 4.79 Å². The highest BCUT2D eigenvalue weighted by Crippen LogP contribution is 2.33. The standard InChI is InChI=1S/C29H41N5O2/c1-21-19-34(12-11-33-13-15-36-16-14-33)20-27(21)23-9-7-22(8-10-23)24-17-26(28(30)31-18-24)29(35)32-25-5-3-2-4-6-25/h7-10,17-18,21,25,27H,2-6,11-16,19-20H2,1H3,(H2,30,31)(H,32,35)/t21-,27-/m1/s1. The van der Waals surface area contributed by atoms with Crippen LogP contribution in [-0.4, -0.2) is 79.2 Å². The van der Waals surface area contributed by atoms with Crippen LogP contribution in [0.2, 0.25) is 0 Å². The van der Waals surface area contributed by atoms with Crippen molar-refractivity contribution in [2.24, 2.45) is 5.92 Å². The summed E-state index contributed by atoms with van der Waals surface area (Å²) < 4.78 is 5.47. The molecule has 3 heterocycles. The SMILES string of the molecule is C[C@@H]1CN(CCN2CCOCC2)C[C@H]1c1ccc(-c2cnc(N)c(C(=O)NC3CCCCC3)c2)cc1. The van der Waals surface area contributed by atoms with E-state index in [0.717, 1.165) is 76.5 Å². The Balaban J connectivity index is 1.21. The average Bonchev–Trinajstić information content (AvgIpc) is 3.29. The summed E-state index contributed by atoms with van der Waals surface area (Å²) in [5.74, 6) is 1.36. The van der Waals surface area contributed by atoms with Gasteiger partial charge < -0.3 is 20.7 Å². The third kappa shape index (κ3) is 6.07. The van der Waals surface area contributed by atoms with Crippen LogP contribution < -0.4 is 11.1 Å². The van der Waals surface area contributed by atoms with Gasteiger partial charge in [-0.3, -0.25) is 9.69 Å². The van der Waals surface area contributed by atoms with E-state index in [-0.39, 0.29) is 11.9 Å². The molecule has 1 aromatic heterocycles. The molecule has 2 aromatic rings. The van der Waals surface area contributed by atoms with E-state index in [0.29, 0.717) is 23.2 Å². The molecule has 3 fully saturated rings. The van der Waals surface area contributed by atoms with E-state index in [1.54, 1.807) is 6.20 Å². The van der Waals surface area contributed by atoms with Crippen LogP contribution in [0, 0.1) is 5.92 Å². The molecule has 3 N–H and O–H groups in total. The summed E-state index contributed by atoms with van der Waals surface area (Å²) in [6.07, 6.45) is 7.47. The van der Waals surface area contributed by atoms with Gasteiger partial charge in [-0.2, -0.15) is 0 Å². The van der Waals surface area contributed by atoms with Crippen LogP contribution in [0.3, 0.4) is 0 Å². The number of morpholine rings is 1. The Kier molecular flexibility index (Phi) is 8.19. The van der Waals surface area contributed by atoms with Gasteiger partial charge in [0.1, 0.15) is 5.82 Å². The largest absolute Gasteiger partial charge is 0.383 e. The van der Waals surface area contributed by atoms with Gasteiger partial charge in [-0.1, -0.05) is 50.5 Å². The van der Waals surface area contributed by atoms with E-state index in [1.165, 1.54) is 24.8 Å². The zero-order valence-corrected chi connectivity index (χ0v) is 21.6. The molecule has 3 aliphatic rings. The minimum Gasteiger partial charge on any atom is -0.383 e. The Bertz CT molecular complexity index is 1010. The first-order chi connectivity index (χ1) is 17.6. The third-order valence-electron chi connectivity index (χ3n) is 8.30. The van der Waals surface area contributed by atoms with Gasteiger partial charge in [-0.05, 0) is 36.0 Å². The number of aromatic nitrogens is 1. The fraction of sp³-hybridized carbons (Fsp3) is 0.586. The Hall–Kier alpha value is -2.48. The van der Waals surface area contributed by atoms with Crippen molar-refractivity contribution in [3.05, 3.63) is 47.7 Å². The van der Waals surface area contributed by atoms with E-state index < -0.39 is 0 Å². The fourth-order valence-electron chi connectivity index (χ4n) is 6.04. The number of hydrogen-bond acceptors (Lipinski definition) is 6. The number of carbonyl (C=O) groups is 1. The molecule has 194 valence electrons. The number of rotatable bonds is 7. The highest BCUT2D eigenvalue weighted by Gasteiger charge is 2.30. The molecule has 0 unspecified atom stereocenters. The topological polar surface area (TPSA) is 83.7 Å². The van der Waals surface area contributed by atoms with Crippen molar-refractivity contribution in [2.45, 2.75) is 51.0 Å². The molecule has 1 saturated carbocycles. The van der Waals surface area contributed by atoms with Crippen molar-refractivity contribution in [1.29, 1.82) is 0 Å². The van der Waals surface area contributed by atoms with Gasteiger partial charge in [0.05, 0.1) is 18.8 Å². The van der Waals surface area contributed by atoms with Gasteiger partial charge in [0.15, 0.2) is 0 Å². The molecule has 2 saturated heterocycles. The number of nitrogens with two attached hydrogens (primary N) is 1. The molecule has 0 bridgehead atoms. The minimum absolute atomic E-state index is 0.109. The number of pyridine rings is 1. The second kappa shape index (κ2) is 11.7. The van der Waals surface area contributed by atoms with E-state index in [2.05, 4.69) is 51.3 Å². The van der Waals surface area contributed by atoms with Gasteiger partial charge in [-0.15, -0.1) is 0 Å². The number of hydrogen-bond donors (Lipinski definition) is 2. The van der Waals surface area contributed by atoms with Crippen molar-refractivity contribution in [2.75, 3.05) is 58.2 Å². The molecule has 1 amide bonds. The van der Waals surface area contributed by atoms with Crippen LogP contribution in [0.25, 0.3) is 11.1 Å². The van der Waals surface area contributed by atoms with Gasteiger partial charge in [0.25, 0.3) is 5.91 Å². The van der Waals surface area contributed by atoms with Gasteiger partial charge >= 0.3 is 0 Å². The quantitative estimate of drug-likeness (QED) is 0.614. The predicted molar refractivity (Wildman–Crippen MR) is 144 cm³/mol. The van der Waals surface area contributed by atoms with E-state index in [4.69, 9.17) is 10.5 Å². The van der Waals surface area contributed by atoms with Crippen LogP contribution in [0.1, 0.15) is 60.9 Å². The summed E-state index contributed by atoms with van der Waals surface area (Å²) >= 11 is 0. The van der Waals surface area contributed by atoms with Gasteiger partial charge in [-0.25, -0.2) is 4.98 Å². The number of carbonyl (C=O) groups excluding carboxylic acids is 1. The molecule has 2 atom stereocenters. The highest BCUT2D eigenvalue weighted by molar-refractivity contribution is 5.99. The molecular formula is C29H41N5O2. The number of likely N-dealkylation sites (tertiary alicyclic amines) is 1. The Morgan fingerprint density at radius 2 is 1.75 bits per heavy atom. The van der Waals surface area contributed by atoms with E-state index in [1.807, 2.05) is 6.07 Å². The van der Waals surface area contributed by atoms with Crippen LogP contribution in [0.5, 0.6) is 0 Å². The number of nitrogens with zero attached hydrogens (tertiary/aromatic N) is 3. The number of nitrogen functional groups attached to an aromatic ring is 1. The molecule has 5 rings (SSSR count). The summed E-state index contributed by atoms with van der Waals surface area (Å²) in [5, 5.41) is 3.17. The summed E-state index contributed by atoms with van der Waals surface area (Å²) in [6.45, 7) is 10.7. The first-order valence-electron chi connectivity index (χ1n) is 13.8. The molecular weight excluding hydrogens is 450 g/mol.